The number of anilines is 2. The Labute approximate surface area is 347 Å². The number of hydrogen-bond acceptors (Lipinski definition) is 14. The number of ether oxygens (including phenoxy) is 4. The van der Waals surface area contributed by atoms with Crippen molar-refractivity contribution in [2.75, 3.05) is 69.0 Å². The van der Waals surface area contributed by atoms with Gasteiger partial charge in [0, 0.05) is 67.1 Å². The molecule has 1 aromatic heterocycles. The molecule has 18 heteroatoms. The minimum Gasteiger partial charge on any atom is -0.493 e. The van der Waals surface area contributed by atoms with Gasteiger partial charge in [-0.1, -0.05) is 29.3 Å². The van der Waals surface area contributed by atoms with E-state index < -0.39 is 29.9 Å². The molecular formula is C40H50Cl2N10O6. The molecule has 16 nitrogen and oxygen atoms in total. The number of nitrogens with one attached hydrogen (secondary N) is 1. The molecule has 7 rings (SSSR count). The van der Waals surface area contributed by atoms with Crippen LogP contribution >= 0.6 is 23.2 Å². The van der Waals surface area contributed by atoms with Crippen LogP contribution in [0.4, 0.5) is 11.4 Å². The molecule has 2 saturated heterocycles. The van der Waals surface area contributed by atoms with Crippen LogP contribution in [0.2, 0.25) is 10.0 Å². The van der Waals surface area contributed by atoms with E-state index in [0.717, 1.165) is 43.3 Å². The summed E-state index contributed by atoms with van der Waals surface area (Å²) in [6.07, 6.45) is 3.05. The summed E-state index contributed by atoms with van der Waals surface area (Å²) in [7, 11) is 0. The molecule has 5 unspecified atom stereocenters. The van der Waals surface area contributed by atoms with Crippen LogP contribution in [-0.4, -0.2) is 109 Å². The Hall–Kier alpha value is -4.68. The van der Waals surface area contributed by atoms with Crippen LogP contribution in [0.15, 0.2) is 82.8 Å². The molecule has 0 spiro atoms. The molecule has 0 radical (unpaired) electrons. The second kappa shape index (κ2) is 18.5. The van der Waals surface area contributed by atoms with Crippen LogP contribution in [0.3, 0.4) is 0 Å². The number of aliphatic imine (C=N–C) groups is 1. The van der Waals surface area contributed by atoms with Crippen molar-refractivity contribution in [1.82, 2.24) is 24.8 Å². The summed E-state index contributed by atoms with van der Waals surface area (Å²) >= 11 is 12.8. The topological polar surface area (TPSA) is 180 Å². The molecule has 3 aromatic carbocycles. The highest BCUT2D eigenvalue weighted by atomic mass is 35.5. The molecular weight excluding hydrogens is 787 g/mol. The van der Waals surface area contributed by atoms with Gasteiger partial charge in [-0.15, -0.1) is 0 Å². The molecule has 3 aliphatic rings. The maximum atomic E-state index is 13.3. The van der Waals surface area contributed by atoms with Crippen molar-refractivity contribution >= 4 is 46.9 Å². The molecule has 0 amide bonds. The average Bonchev–Trinajstić information content (AvgIpc) is 3.99. The zero-order chi connectivity index (χ0) is 40.8. The second-order valence-electron chi connectivity index (χ2n) is 14.7. The first kappa shape index (κ1) is 41.5. The molecule has 0 bridgehead atoms. The first-order chi connectivity index (χ1) is 28.0. The normalized spacial score (nSPS) is 21.0. The fraction of sp³-hybridized carbons (Fsp3) is 0.450. The van der Waals surface area contributed by atoms with Crippen LogP contribution < -0.4 is 37.1 Å². The van der Waals surface area contributed by atoms with E-state index in [0.29, 0.717) is 54.1 Å². The standard InChI is InChI=1S/C40H50Cl2N10O6/c1-27(28(2)57-38(53)20-30(44)21-43)52-39(54)51(26-47-52)33-6-4-31(5-7-33)48-14-16-49(17-15-48)32-8-10-34(11-9-32)55-18-13-35-22-56-40(58-35,23-50-25-45-24-46-50)36-12-3-29(41)19-37(36)42/h3-12,19,25-28,30,35,46H,13-18,20-24,43-44H2,1-2H3. The van der Waals surface area contributed by atoms with E-state index in [1.165, 1.54) is 15.6 Å². The lowest BCUT2D eigenvalue weighted by atomic mass is 10.1. The monoisotopic (exact) mass is 836 g/mol. The van der Waals surface area contributed by atoms with Crippen LogP contribution in [0.5, 0.6) is 5.75 Å². The largest absolute Gasteiger partial charge is 0.493 e. The lowest BCUT2D eigenvalue weighted by Gasteiger charge is -2.37. The highest BCUT2D eigenvalue weighted by Crippen LogP contribution is 2.40. The quantitative estimate of drug-likeness (QED) is 0.139. The Bertz CT molecular complexity index is 2090. The zero-order valence-electron chi connectivity index (χ0n) is 32.6. The predicted octanol–water partition coefficient (Wildman–Crippen LogP) is 3.68. The number of hydrazine groups is 1. The molecule has 5 atom stereocenters. The number of esters is 1. The highest BCUT2D eigenvalue weighted by Gasteiger charge is 2.46. The molecule has 0 saturated carbocycles. The number of halogens is 2. The van der Waals surface area contributed by atoms with Crippen molar-refractivity contribution in [1.29, 1.82) is 0 Å². The van der Waals surface area contributed by atoms with Gasteiger partial charge in [0.25, 0.3) is 0 Å². The predicted molar refractivity (Wildman–Crippen MR) is 223 cm³/mol. The van der Waals surface area contributed by atoms with E-state index in [4.69, 9.17) is 53.6 Å². The fourth-order valence-corrected chi connectivity index (χ4v) is 7.73. The maximum Gasteiger partial charge on any atom is 0.350 e. The van der Waals surface area contributed by atoms with Crippen LogP contribution in [0, 0.1) is 0 Å². The number of benzene rings is 3. The maximum absolute atomic E-state index is 13.3. The number of nitrogens with zero attached hydrogens (tertiary/aromatic N) is 7. The van der Waals surface area contributed by atoms with E-state index in [-0.39, 0.29) is 24.8 Å². The summed E-state index contributed by atoms with van der Waals surface area (Å²) < 4.78 is 27.3. The van der Waals surface area contributed by atoms with Gasteiger partial charge in [-0.3, -0.25) is 14.8 Å². The summed E-state index contributed by atoms with van der Waals surface area (Å²) in [6.45, 7) is 8.77. The summed E-state index contributed by atoms with van der Waals surface area (Å²) in [5, 5.41) is 7.15. The van der Waals surface area contributed by atoms with Crippen LogP contribution in [0.1, 0.15) is 38.3 Å². The van der Waals surface area contributed by atoms with Crippen molar-refractivity contribution in [3.05, 3.63) is 99.2 Å². The third-order valence-corrected chi connectivity index (χ3v) is 11.2. The molecule has 4 heterocycles. The molecule has 3 aliphatic heterocycles. The Morgan fingerprint density at radius 3 is 2.31 bits per heavy atom. The molecule has 58 heavy (non-hydrogen) atoms. The molecule has 0 aliphatic carbocycles. The van der Waals surface area contributed by atoms with Gasteiger partial charge in [-0.2, -0.15) is 5.10 Å². The first-order valence-corrected chi connectivity index (χ1v) is 20.2. The summed E-state index contributed by atoms with van der Waals surface area (Å²) in [5.41, 5.74) is 17.7. The number of carbonyl (C=O) groups excluding carboxylic acids is 1. The van der Waals surface area contributed by atoms with Gasteiger partial charge >= 0.3 is 11.7 Å². The number of nitrogens with two attached hydrogens (primary N) is 2. The first-order valence-electron chi connectivity index (χ1n) is 19.4. The number of rotatable bonds is 16. The van der Waals surface area contributed by atoms with Gasteiger partial charge in [0.1, 0.15) is 31.2 Å². The minimum absolute atomic E-state index is 0.0107. The van der Waals surface area contributed by atoms with Gasteiger partial charge in [-0.05, 0) is 74.5 Å². The number of carbonyl (C=O) groups is 1. The van der Waals surface area contributed by atoms with Gasteiger partial charge < -0.3 is 40.2 Å². The minimum atomic E-state index is -1.09. The fourth-order valence-electron chi connectivity index (χ4n) is 7.18. The SMILES string of the molecule is CC(OC(=O)CC(N)CN)C(C)n1ncn(-c2ccc(N3CCN(c4ccc(OCCC5COC(CN6C=NCN6)(c6ccc(Cl)cc6Cl)O5)cc4)CC3)cc2)c1=O. The number of aromatic nitrogens is 3. The lowest BCUT2D eigenvalue weighted by Crippen LogP contribution is -2.46. The molecule has 4 aromatic rings. The second-order valence-corrected chi connectivity index (χ2v) is 15.5. The lowest BCUT2D eigenvalue weighted by molar-refractivity contribution is -0.186. The molecule has 5 N–H and O–H groups in total. The number of piperazine rings is 1. The van der Waals surface area contributed by atoms with E-state index >= 15 is 0 Å². The number of hydrogen-bond donors (Lipinski definition) is 3. The highest BCUT2D eigenvalue weighted by molar-refractivity contribution is 6.35. The van der Waals surface area contributed by atoms with Crippen molar-refractivity contribution in [2.24, 2.45) is 16.5 Å². The smallest absolute Gasteiger partial charge is 0.350 e. The Morgan fingerprint density at radius 2 is 1.67 bits per heavy atom. The van der Waals surface area contributed by atoms with Crippen molar-refractivity contribution in [2.45, 2.75) is 56.8 Å². The third kappa shape index (κ3) is 9.60. The Morgan fingerprint density at radius 1 is 1.00 bits per heavy atom. The van der Waals surface area contributed by atoms with Crippen LogP contribution in [0.25, 0.3) is 5.69 Å². The van der Waals surface area contributed by atoms with E-state index in [1.54, 1.807) is 32.3 Å². The van der Waals surface area contributed by atoms with Gasteiger partial charge in [0.2, 0.25) is 5.79 Å². The van der Waals surface area contributed by atoms with E-state index in [9.17, 15) is 9.59 Å². The van der Waals surface area contributed by atoms with E-state index in [2.05, 4.69) is 37.4 Å². The van der Waals surface area contributed by atoms with Crippen molar-refractivity contribution < 1.29 is 23.7 Å². The summed E-state index contributed by atoms with van der Waals surface area (Å²) in [6, 6.07) is 20.4. The summed E-state index contributed by atoms with van der Waals surface area (Å²) in [4.78, 5) is 34.4. The van der Waals surface area contributed by atoms with Gasteiger partial charge in [0.15, 0.2) is 0 Å². The van der Waals surface area contributed by atoms with Gasteiger partial charge in [-0.25, -0.2) is 19.5 Å². The Balaban J connectivity index is 0.872. The van der Waals surface area contributed by atoms with Crippen LogP contribution in [-0.2, 0) is 24.8 Å². The van der Waals surface area contributed by atoms with E-state index in [1.807, 2.05) is 47.5 Å². The average molecular weight is 838 g/mol. The molecule has 310 valence electrons. The zero-order valence-corrected chi connectivity index (χ0v) is 34.1. The third-order valence-electron chi connectivity index (χ3n) is 10.7. The van der Waals surface area contributed by atoms with Crippen molar-refractivity contribution in [3.63, 3.8) is 0 Å². The van der Waals surface area contributed by atoms with Gasteiger partial charge in [0.05, 0.1) is 49.0 Å². The van der Waals surface area contributed by atoms with Crippen molar-refractivity contribution in [3.8, 4) is 11.4 Å². The summed E-state index contributed by atoms with van der Waals surface area (Å²) in [5.74, 6) is -0.765. The molecule has 2 fully saturated rings. The Kier molecular flexibility index (Phi) is 13.2.